The minimum atomic E-state index is -4.35. The Bertz CT molecular complexity index is 1950. The molecule has 4 aromatic rings. The molecule has 2 heterocycles. The third-order valence-corrected chi connectivity index (χ3v) is 9.70. The van der Waals surface area contributed by atoms with Crippen LogP contribution in [0.25, 0.3) is 11.1 Å². The summed E-state index contributed by atoms with van der Waals surface area (Å²) in [4.78, 5) is 49.2. The molecule has 13 heteroatoms. The fraction of sp³-hybridized carbons (Fsp3) is 0.395. The number of ketones is 1. The Labute approximate surface area is 299 Å². The molecule has 2 aromatic carbocycles. The van der Waals surface area contributed by atoms with Gasteiger partial charge >= 0.3 is 6.09 Å². The molecule has 0 spiro atoms. The van der Waals surface area contributed by atoms with E-state index in [1.807, 2.05) is 32.4 Å². The van der Waals surface area contributed by atoms with Gasteiger partial charge in [-0.2, -0.15) is 0 Å². The third kappa shape index (κ3) is 9.87. The van der Waals surface area contributed by atoms with Crippen LogP contribution < -0.4 is 9.62 Å². The predicted molar refractivity (Wildman–Crippen MR) is 193 cm³/mol. The number of pyridine rings is 1. The Morgan fingerprint density at radius 3 is 2.45 bits per heavy atom. The molecule has 4 rings (SSSR count). The highest BCUT2D eigenvalue weighted by molar-refractivity contribution is 7.90. The number of aromatic nitrogens is 3. The first kappa shape index (κ1) is 38.9. The third-order valence-electron chi connectivity index (χ3n) is 8.33. The number of nitrogens with zero attached hydrogens (tertiary/aromatic N) is 4. The van der Waals surface area contributed by atoms with Crippen LogP contribution in [0.1, 0.15) is 87.9 Å². The van der Waals surface area contributed by atoms with Gasteiger partial charge in [0.25, 0.3) is 10.0 Å². The summed E-state index contributed by atoms with van der Waals surface area (Å²) in [7, 11) is -4.35. The first-order valence-electron chi connectivity index (χ1n) is 17.3. The minimum Gasteiger partial charge on any atom is -0.449 e. The summed E-state index contributed by atoms with van der Waals surface area (Å²) in [6.45, 7) is 9.80. The average molecular weight is 720 g/mol. The van der Waals surface area contributed by atoms with E-state index in [0.717, 1.165) is 6.42 Å². The molecule has 1 N–H and O–H groups in total. The summed E-state index contributed by atoms with van der Waals surface area (Å²) < 4.78 is 51.1. The largest absolute Gasteiger partial charge is 0.449 e. The Balaban J connectivity index is 1.62. The molecule has 0 fully saturated rings. The lowest BCUT2D eigenvalue weighted by molar-refractivity contribution is -0.118. The van der Waals surface area contributed by atoms with Crippen molar-refractivity contribution in [2.45, 2.75) is 84.6 Å². The Kier molecular flexibility index (Phi) is 13.6. The lowest BCUT2D eigenvalue weighted by atomic mass is 10.0. The normalized spacial score (nSPS) is 11.4. The van der Waals surface area contributed by atoms with E-state index in [4.69, 9.17) is 9.72 Å². The Morgan fingerprint density at radius 1 is 1.04 bits per heavy atom. The van der Waals surface area contributed by atoms with Crippen molar-refractivity contribution in [1.29, 1.82) is 0 Å². The summed E-state index contributed by atoms with van der Waals surface area (Å²) in [6.07, 6.45) is 4.76. The zero-order chi connectivity index (χ0) is 37.1. The summed E-state index contributed by atoms with van der Waals surface area (Å²) in [6, 6.07) is 13.9. The van der Waals surface area contributed by atoms with Crippen LogP contribution in [0.4, 0.5) is 14.9 Å². The van der Waals surface area contributed by atoms with Crippen LogP contribution in [-0.2, 0) is 38.9 Å². The number of halogens is 1. The minimum absolute atomic E-state index is 0.0133. The van der Waals surface area contributed by atoms with E-state index in [1.54, 1.807) is 59.1 Å². The molecule has 0 atom stereocenters. The maximum Gasteiger partial charge on any atom is 0.421 e. The van der Waals surface area contributed by atoms with Crippen LogP contribution in [-0.4, -0.2) is 53.9 Å². The van der Waals surface area contributed by atoms with Crippen LogP contribution in [0.15, 0.2) is 71.9 Å². The number of carbonyl (C=O) groups excluding carboxylic acids is 3. The molecule has 0 saturated heterocycles. The zero-order valence-electron chi connectivity index (χ0n) is 29.8. The topological polar surface area (TPSA) is 141 Å². The molecule has 0 aliphatic carbocycles. The van der Waals surface area contributed by atoms with Crippen molar-refractivity contribution >= 4 is 33.5 Å². The van der Waals surface area contributed by atoms with Gasteiger partial charge in [-0.25, -0.2) is 27.3 Å². The average Bonchev–Trinajstić information content (AvgIpc) is 3.45. The number of ether oxygens (including phenoxy) is 1. The molecular formula is C38H46FN5O6S. The molecule has 0 unspecified atom stereocenters. The summed E-state index contributed by atoms with van der Waals surface area (Å²) >= 11 is 0. The number of benzene rings is 2. The van der Waals surface area contributed by atoms with E-state index in [1.165, 1.54) is 24.3 Å². The second-order valence-electron chi connectivity index (χ2n) is 12.5. The number of aryl methyl sites for hydroxylation is 2. The van der Waals surface area contributed by atoms with Crippen LogP contribution in [0.5, 0.6) is 0 Å². The number of nitrogens with one attached hydrogen (secondary N) is 1. The van der Waals surface area contributed by atoms with Crippen LogP contribution >= 0.6 is 0 Å². The molecule has 272 valence electrons. The summed E-state index contributed by atoms with van der Waals surface area (Å²) in [5, 5.41) is 0. The van der Waals surface area contributed by atoms with Gasteiger partial charge in [0.1, 0.15) is 17.3 Å². The molecular weight excluding hydrogens is 674 g/mol. The molecule has 0 radical (unpaired) electrons. The molecule has 2 aromatic heterocycles. The molecule has 0 aliphatic heterocycles. The summed E-state index contributed by atoms with van der Waals surface area (Å²) in [5.41, 5.74) is 2.33. The lowest BCUT2D eigenvalue weighted by Gasteiger charge is -2.22. The van der Waals surface area contributed by atoms with E-state index in [9.17, 15) is 22.8 Å². The molecule has 2 amide bonds. The summed E-state index contributed by atoms with van der Waals surface area (Å²) in [5.74, 6) is -0.0408. The van der Waals surface area contributed by atoms with Crippen molar-refractivity contribution in [2.24, 2.45) is 5.92 Å². The van der Waals surface area contributed by atoms with E-state index in [2.05, 4.69) is 4.98 Å². The molecule has 0 saturated carbocycles. The second-order valence-corrected chi connectivity index (χ2v) is 14.2. The van der Waals surface area contributed by atoms with Crippen molar-refractivity contribution in [2.75, 3.05) is 18.1 Å². The van der Waals surface area contributed by atoms with Gasteiger partial charge in [0.05, 0.1) is 35.6 Å². The predicted octanol–water partition coefficient (Wildman–Crippen LogP) is 7.12. The number of Topliss-reactive ketones (excluding diaryl/α,β-unsaturated/α-hetero) is 1. The molecule has 51 heavy (non-hydrogen) atoms. The van der Waals surface area contributed by atoms with Crippen molar-refractivity contribution < 1.29 is 31.9 Å². The van der Waals surface area contributed by atoms with Crippen molar-refractivity contribution in [3.8, 4) is 11.1 Å². The number of imidazole rings is 1. The smallest absolute Gasteiger partial charge is 0.421 e. The van der Waals surface area contributed by atoms with E-state index < -0.39 is 21.9 Å². The molecule has 0 aliphatic rings. The fourth-order valence-electron chi connectivity index (χ4n) is 5.66. The molecule has 0 bridgehead atoms. The quantitative estimate of drug-likeness (QED) is 0.114. The maximum absolute atomic E-state index is 16.0. The number of amides is 2. The van der Waals surface area contributed by atoms with E-state index >= 15 is 4.39 Å². The van der Waals surface area contributed by atoms with Gasteiger partial charge in [-0.1, -0.05) is 65.0 Å². The number of carbonyl (C=O) groups is 3. The van der Waals surface area contributed by atoms with E-state index in [-0.39, 0.29) is 71.7 Å². The van der Waals surface area contributed by atoms with Crippen LogP contribution in [0, 0.1) is 11.7 Å². The second kappa shape index (κ2) is 17.8. The number of sulfonamides is 1. The Hall–Kier alpha value is -4.91. The first-order valence-corrected chi connectivity index (χ1v) is 18.8. The highest BCUT2D eigenvalue weighted by Gasteiger charge is 2.26. The van der Waals surface area contributed by atoms with Gasteiger partial charge < -0.3 is 14.2 Å². The van der Waals surface area contributed by atoms with Gasteiger partial charge in [-0.05, 0) is 55.0 Å². The standard InChI is InChI=1S/C38H46FN5O6S/c1-6-12-35-41-32(7-2)37(33(45)18-21-43(36(46)8-3)29-13-11-20-40-24-29)44(35)25-28-17-16-27(23-31(28)39)30-14-9-10-15-34(30)51(48,49)42-38(47)50-22-19-26(4)5/h9-11,13-17,20,23-24,26H,6-8,12,18-19,21-22,25H2,1-5H3,(H,42,47). The van der Waals surface area contributed by atoms with Gasteiger partial charge in [-0.15, -0.1) is 0 Å². The number of anilines is 1. The van der Waals surface area contributed by atoms with Crippen molar-refractivity contribution in [3.05, 3.63) is 95.6 Å². The fourth-order valence-corrected chi connectivity index (χ4v) is 6.79. The van der Waals surface area contributed by atoms with Crippen LogP contribution in [0.3, 0.4) is 0 Å². The zero-order valence-corrected chi connectivity index (χ0v) is 30.6. The van der Waals surface area contributed by atoms with Crippen molar-refractivity contribution in [1.82, 2.24) is 19.3 Å². The Morgan fingerprint density at radius 2 is 1.80 bits per heavy atom. The van der Waals surface area contributed by atoms with Gasteiger partial charge in [0.2, 0.25) is 5.91 Å². The first-order chi connectivity index (χ1) is 24.4. The lowest BCUT2D eigenvalue weighted by Crippen LogP contribution is -2.32. The maximum atomic E-state index is 16.0. The highest BCUT2D eigenvalue weighted by atomic mass is 32.2. The monoisotopic (exact) mass is 719 g/mol. The van der Waals surface area contributed by atoms with Gasteiger partial charge in [-0.3, -0.25) is 14.6 Å². The van der Waals surface area contributed by atoms with Gasteiger partial charge in [0, 0.05) is 43.1 Å². The van der Waals surface area contributed by atoms with Crippen LogP contribution in [0.2, 0.25) is 0 Å². The molecule has 11 nitrogen and oxygen atoms in total. The van der Waals surface area contributed by atoms with E-state index in [0.29, 0.717) is 42.2 Å². The SMILES string of the molecule is CCCc1nc(CC)c(C(=O)CCN(C(=O)CC)c2cccnc2)n1Cc1ccc(-c2ccccc2S(=O)(=O)NC(=O)OCCC(C)C)cc1F. The number of rotatable bonds is 17. The highest BCUT2D eigenvalue weighted by Crippen LogP contribution is 2.30. The number of hydrogen-bond acceptors (Lipinski definition) is 8. The number of hydrogen-bond donors (Lipinski definition) is 1. The van der Waals surface area contributed by atoms with Crippen molar-refractivity contribution in [3.63, 3.8) is 0 Å². The van der Waals surface area contributed by atoms with Gasteiger partial charge in [0.15, 0.2) is 5.78 Å².